The van der Waals surface area contributed by atoms with E-state index >= 15 is 0 Å². The molecule has 90 valence electrons. The van der Waals surface area contributed by atoms with Gasteiger partial charge in [-0.1, -0.05) is 13.8 Å². The number of aromatic amines is 1. The van der Waals surface area contributed by atoms with E-state index in [0.717, 1.165) is 12.2 Å². The van der Waals surface area contributed by atoms with Crippen molar-refractivity contribution in [2.45, 2.75) is 45.2 Å². The van der Waals surface area contributed by atoms with E-state index in [0.29, 0.717) is 6.42 Å². The molecule has 4 N–H and O–H groups in total. The third-order valence-corrected chi connectivity index (χ3v) is 2.82. The zero-order valence-corrected chi connectivity index (χ0v) is 10.1. The molecule has 1 aromatic rings. The number of amides is 1. The van der Waals surface area contributed by atoms with Gasteiger partial charge in [0, 0.05) is 12.4 Å². The molecule has 0 aliphatic heterocycles. The van der Waals surface area contributed by atoms with Crippen LogP contribution in [0.2, 0.25) is 0 Å². The fourth-order valence-corrected chi connectivity index (χ4v) is 1.32. The van der Waals surface area contributed by atoms with Gasteiger partial charge in [0.05, 0.1) is 11.6 Å². The lowest BCUT2D eigenvalue weighted by atomic mass is 9.99. The maximum atomic E-state index is 11.9. The van der Waals surface area contributed by atoms with Crippen molar-refractivity contribution in [1.82, 2.24) is 15.3 Å². The summed E-state index contributed by atoms with van der Waals surface area (Å²) in [7, 11) is 0. The van der Waals surface area contributed by atoms with E-state index in [4.69, 9.17) is 5.73 Å². The van der Waals surface area contributed by atoms with E-state index in [2.05, 4.69) is 15.3 Å². The van der Waals surface area contributed by atoms with Gasteiger partial charge in [-0.15, -0.1) is 0 Å². The van der Waals surface area contributed by atoms with Gasteiger partial charge < -0.3 is 16.0 Å². The Morgan fingerprint density at radius 1 is 1.69 bits per heavy atom. The number of H-pyrrole nitrogens is 1. The molecular weight excluding hydrogens is 204 g/mol. The standard InChI is InChI=1S/C11H20N4O/c1-4-8(9-13-6-7-14-9)15-10(16)11(3,12)5-2/h6-8H,4-5,12H2,1-3H3,(H,13,14)(H,15,16). The number of imidazole rings is 1. The average Bonchev–Trinajstić information content (AvgIpc) is 2.78. The van der Waals surface area contributed by atoms with Crippen molar-refractivity contribution in [3.05, 3.63) is 18.2 Å². The normalized spacial score (nSPS) is 16.5. The summed E-state index contributed by atoms with van der Waals surface area (Å²) in [6, 6.07) is -0.100. The second-order valence-corrected chi connectivity index (χ2v) is 4.18. The fraction of sp³-hybridized carbons (Fsp3) is 0.636. The first kappa shape index (κ1) is 12.7. The van der Waals surface area contributed by atoms with E-state index in [1.807, 2.05) is 13.8 Å². The van der Waals surface area contributed by atoms with Gasteiger partial charge >= 0.3 is 0 Å². The summed E-state index contributed by atoms with van der Waals surface area (Å²) in [5, 5.41) is 2.90. The van der Waals surface area contributed by atoms with Crippen LogP contribution in [-0.4, -0.2) is 21.4 Å². The number of hydrogen-bond acceptors (Lipinski definition) is 3. The Morgan fingerprint density at radius 2 is 2.38 bits per heavy atom. The highest BCUT2D eigenvalue weighted by Gasteiger charge is 2.28. The Bertz CT molecular complexity index is 332. The van der Waals surface area contributed by atoms with Crippen LogP contribution in [0.15, 0.2) is 12.4 Å². The molecule has 2 atom stereocenters. The van der Waals surface area contributed by atoms with Crippen LogP contribution < -0.4 is 11.1 Å². The highest BCUT2D eigenvalue weighted by Crippen LogP contribution is 2.14. The van der Waals surface area contributed by atoms with Crippen molar-refractivity contribution in [2.75, 3.05) is 0 Å². The van der Waals surface area contributed by atoms with Crippen molar-refractivity contribution >= 4 is 5.91 Å². The van der Waals surface area contributed by atoms with Crippen molar-refractivity contribution in [3.63, 3.8) is 0 Å². The van der Waals surface area contributed by atoms with Crippen LogP contribution in [0, 0.1) is 0 Å². The summed E-state index contributed by atoms with van der Waals surface area (Å²) in [5.74, 6) is 0.626. The number of carbonyl (C=O) groups excluding carboxylic acids is 1. The molecule has 0 radical (unpaired) electrons. The van der Waals surface area contributed by atoms with Crippen LogP contribution in [-0.2, 0) is 4.79 Å². The minimum Gasteiger partial charge on any atom is -0.347 e. The molecule has 5 heteroatoms. The van der Waals surface area contributed by atoms with Gasteiger partial charge in [0.1, 0.15) is 5.82 Å². The molecule has 16 heavy (non-hydrogen) atoms. The molecule has 0 saturated carbocycles. The summed E-state index contributed by atoms with van der Waals surface area (Å²) in [6.07, 6.45) is 4.80. The molecule has 2 unspecified atom stereocenters. The molecular formula is C11H20N4O. The first-order valence-electron chi connectivity index (χ1n) is 5.60. The number of nitrogens with one attached hydrogen (secondary N) is 2. The molecule has 0 bridgehead atoms. The van der Waals surface area contributed by atoms with Gasteiger partial charge in [-0.05, 0) is 19.8 Å². The lowest BCUT2D eigenvalue weighted by Crippen LogP contribution is -2.52. The summed E-state index contributed by atoms with van der Waals surface area (Å²) < 4.78 is 0. The summed E-state index contributed by atoms with van der Waals surface area (Å²) in [4.78, 5) is 19.0. The molecule has 1 aromatic heterocycles. The Hall–Kier alpha value is -1.36. The van der Waals surface area contributed by atoms with Gasteiger partial charge in [0.25, 0.3) is 0 Å². The van der Waals surface area contributed by atoms with Crippen LogP contribution in [0.4, 0.5) is 0 Å². The second-order valence-electron chi connectivity index (χ2n) is 4.18. The maximum absolute atomic E-state index is 11.9. The lowest BCUT2D eigenvalue weighted by Gasteiger charge is -2.24. The molecule has 0 aromatic carbocycles. The van der Waals surface area contributed by atoms with Crippen molar-refractivity contribution < 1.29 is 4.79 Å². The number of nitrogens with two attached hydrogens (primary N) is 1. The largest absolute Gasteiger partial charge is 0.347 e. The highest BCUT2D eigenvalue weighted by atomic mass is 16.2. The third-order valence-electron chi connectivity index (χ3n) is 2.82. The van der Waals surface area contributed by atoms with Gasteiger partial charge in [-0.25, -0.2) is 4.98 Å². The maximum Gasteiger partial charge on any atom is 0.240 e. The molecule has 1 rings (SSSR count). The van der Waals surface area contributed by atoms with Crippen molar-refractivity contribution in [2.24, 2.45) is 5.73 Å². The number of carbonyl (C=O) groups is 1. The first-order chi connectivity index (χ1) is 7.51. The molecule has 1 heterocycles. The predicted molar refractivity (Wildman–Crippen MR) is 62.6 cm³/mol. The van der Waals surface area contributed by atoms with Crippen LogP contribution >= 0.6 is 0 Å². The Balaban J connectivity index is 2.68. The zero-order chi connectivity index (χ0) is 12.2. The third kappa shape index (κ3) is 2.82. The van der Waals surface area contributed by atoms with E-state index in [1.165, 1.54) is 0 Å². The predicted octanol–water partition coefficient (Wildman–Crippen LogP) is 1.10. The monoisotopic (exact) mass is 224 g/mol. The first-order valence-corrected chi connectivity index (χ1v) is 5.60. The van der Waals surface area contributed by atoms with Crippen LogP contribution in [0.5, 0.6) is 0 Å². The molecule has 5 nitrogen and oxygen atoms in total. The molecule has 0 aliphatic rings. The average molecular weight is 224 g/mol. The lowest BCUT2D eigenvalue weighted by molar-refractivity contribution is -0.126. The van der Waals surface area contributed by atoms with Crippen molar-refractivity contribution in [3.8, 4) is 0 Å². The van der Waals surface area contributed by atoms with E-state index in [9.17, 15) is 4.79 Å². The topological polar surface area (TPSA) is 83.8 Å². The molecule has 0 aliphatic carbocycles. The smallest absolute Gasteiger partial charge is 0.240 e. The van der Waals surface area contributed by atoms with E-state index < -0.39 is 5.54 Å². The highest BCUT2D eigenvalue weighted by molar-refractivity contribution is 5.85. The minimum atomic E-state index is -0.819. The molecule has 0 fully saturated rings. The zero-order valence-electron chi connectivity index (χ0n) is 10.1. The van der Waals surface area contributed by atoms with Gasteiger partial charge in [-0.2, -0.15) is 0 Å². The molecule has 1 amide bonds. The van der Waals surface area contributed by atoms with Gasteiger partial charge in [0.15, 0.2) is 0 Å². The number of rotatable bonds is 5. The quantitative estimate of drug-likeness (QED) is 0.700. The number of aromatic nitrogens is 2. The van der Waals surface area contributed by atoms with Crippen LogP contribution in [0.1, 0.15) is 45.5 Å². The SMILES string of the molecule is CCC(NC(=O)C(C)(N)CC)c1ncc[nH]1. The molecule has 0 saturated heterocycles. The minimum absolute atomic E-state index is 0.100. The summed E-state index contributed by atoms with van der Waals surface area (Å²) >= 11 is 0. The summed E-state index contributed by atoms with van der Waals surface area (Å²) in [5.41, 5.74) is 5.05. The Kier molecular flexibility index (Phi) is 4.06. The second kappa shape index (κ2) is 5.12. The van der Waals surface area contributed by atoms with E-state index in [1.54, 1.807) is 19.3 Å². The Morgan fingerprint density at radius 3 is 2.81 bits per heavy atom. The Labute approximate surface area is 95.8 Å². The molecule has 0 spiro atoms. The van der Waals surface area contributed by atoms with Crippen molar-refractivity contribution in [1.29, 1.82) is 0 Å². The van der Waals surface area contributed by atoms with Gasteiger partial charge in [-0.3, -0.25) is 4.79 Å². The van der Waals surface area contributed by atoms with Gasteiger partial charge in [0.2, 0.25) is 5.91 Å². The van der Waals surface area contributed by atoms with Crippen LogP contribution in [0.25, 0.3) is 0 Å². The summed E-state index contributed by atoms with van der Waals surface area (Å²) in [6.45, 7) is 5.62. The number of nitrogens with zero attached hydrogens (tertiary/aromatic N) is 1. The fourth-order valence-electron chi connectivity index (χ4n) is 1.32. The van der Waals surface area contributed by atoms with Crippen LogP contribution in [0.3, 0.4) is 0 Å². The van der Waals surface area contributed by atoms with E-state index in [-0.39, 0.29) is 11.9 Å². The number of hydrogen-bond donors (Lipinski definition) is 3.